The molecule has 0 spiro atoms. The van der Waals surface area contributed by atoms with E-state index in [0.717, 1.165) is 11.6 Å². The number of rotatable bonds is 5. The maximum absolute atomic E-state index is 13.3. The summed E-state index contributed by atoms with van der Waals surface area (Å²) in [6.07, 6.45) is 0.508. The molecule has 2 aromatic rings. The molecule has 5 heteroatoms. The van der Waals surface area contributed by atoms with Gasteiger partial charge in [0.15, 0.2) is 0 Å². The van der Waals surface area contributed by atoms with Crippen LogP contribution in [0.4, 0.5) is 13.2 Å². The maximum Gasteiger partial charge on any atom is 0.137 e. The Labute approximate surface area is 123 Å². The molecule has 2 aromatic carbocycles. The van der Waals surface area contributed by atoms with Gasteiger partial charge in [-0.05, 0) is 64.3 Å². The predicted molar refractivity (Wildman–Crippen MR) is 75.9 cm³/mol. The van der Waals surface area contributed by atoms with E-state index in [9.17, 15) is 13.2 Å². The second kappa shape index (κ2) is 6.90. The Morgan fingerprint density at radius 1 is 0.900 bits per heavy atom. The number of nitrogens with one attached hydrogen (secondary N) is 1. The molecule has 0 radical (unpaired) electrons. The summed E-state index contributed by atoms with van der Waals surface area (Å²) >= 11 is 3.09. The number of benzene rings is 2. The Bertz CT molecular complexity index is 581. The Morgan fingerprint density at radius 3 is 2.25 bits per heavy atom. The van der Waals surface area contributed by atoms with Crippen LogP contribution in [-0.4, -0.2) is 6.54 Å². The molecule has 20 heavy (non-hydrogen) atoms. The summed E-state index contributed by atoms with van der Waals surface area (Å²) in [6, 6.07) is 8.37. The predicted octanol–water partition coefficient (Wildman–Crippen LogP) is 4.20. The van der Waals surface area contributed by atoms with E-state index in [2.05, 4.69) is 21.2 Å². The van der Waals surface area contributed by atoms with Crippen molar-refractivity contribution in [3.63, 3.8) is 0 Å². The Morgan fingerprint density at radius 2 is 1.60 bits per heavy atom. The van der Waals surface area contributed by atoms with Crippen molar-refractivity contribution in [3.8, 4) is 0 Å². The zero-order valence-electron chi connectivity index (χ0n) is 10.6. The summed E-state index contributed by atoms with van der Waals surface area (Å²) in [5, 5.41) is 3.11. The monoisotopic (exact) mass is 343 g/mol. The van der Waals surface area contributed by atoms with Crippen molar-refractivity contribution in [1.82, 2.24) is 5.32 Å². The first-order valence-corrected chi connectivity index (χ1v) is 6.93. The van der Waals surface area contributed by atoms with Gasteiger partial charge in [0.25, 0.3) is 0 Å². The standard InChI is InChI=1S/C15H13BrF3N/c16-14-2-1-11(7-15(14)19)9-20-4-3-10-5-12(17)8-13(18)6-10/h1-2,5-8,20H,3-4,9H2. The first kappa shape index (κ1) is 15.1. The molecule has 0 aliphatic carbocycles. The van der Waals surface area contributed by atoms with Crippen molar-refractivity contribution < 1.29 is 13.2 Å². The van der Waals surface area contributed by atoms with Crippen LogP contribution >= 0.6 is 15.9 Å². The van der Waals surface area contributed by atoms with E-state index >= 15 is 0 Å². The first-order chi connectivity index (χ1) is 9.54. The molecule has 0 aromatic heterocycles. The van der Waals surface area contributed by atoms with Crippen molar-refractivity contribution >= 4 is 15.9 Å². The molecular formula is C15H13BrF3N. The summed E-state index contributed by atoms with van der Waals surface area (Å²) in [7, 11) is 0. The highest BCUT2D eigenvalue weighted by atomic mass is 79.9. The quantitative estimate of drug-likeness (QED) is 0.802. The average Bonchev–Trinajstić information content (AvgIpc) is 2.38. The van der Waals surface area contributed by atoms with Crippen molar-refractivity contribution in [1.29, 1.82) is 0 Å². The third-order valence-corrected chi connectivity index (χ3v) is 3.47. The number of hydrogen-bond donors (Lipinski definition) is 1. The molecule has 0 heterocycles. The molecule has 0 aliphatic heterocycles. The second-order valence-electron chi connectivity index (χ2n) is 4.45. The highest BCUT2D eigenvalue weighted by Crippen LogP contribution is 2.16. The van der Waals surface area contributed by atoms with Gasteiger partial charge in [-0.1, -0.05) is 6.07 Å². The van der Waals surface area contributed by atoms with E-state index in [1.807, 2.05) is 6.07 Å². The van der Waals surface area contributed by atoms with Gasteiger partial charge in [0.1, 0.15) is 17.5 Å². The van der Waals surface area contributed by atoms with Crippen LogP contribution in [0, 0.1) is 17.5 Å². The van der Waals surface area contributed by atoms with Crippen LogP contribution in [0.5, 0.6) is 0 Å². The van der Waals surface area contributed by atoms with E-state index in [-0.39, 0.29) is 5.82 Å². The first-order valence-electron chi connectivity index (χ1n) is 6.14. The third kappa shape index (κ3) is 4.35. The zero-order valence-corrected chi connectivity index (χ0v) is 12.2. The lowest BCUT2D eigenvalue weighted by molar-refractivity contribution is 0.577. The third-order valence-electron chi connectivity index (χ3n) is 2.83. The largest absolute Gasteiger partial charge is 0.312 e. The highest BCUT2D eigenvalue weighted by Gasteiger charge is 2.02. The molecule has 106 valence electrons. The summed E-state index contributed by atoms with van der Waals surface area (Å²) < 4.78 is 39.7. The summed E-state index contributed by atoms with van der Waals surface area (Å²) in [5.74, 6) is -1.46. The fourth-order valence-electron chi connectivity index (χ4n) is 1.87. The van der Waals surface area contributed by atoms with Crippen LogP contribution in [0.25, 0.3) is 0 Å². The molecule has 0 unspecified atom stereocenters. The van der Waals surface area contributed by atoms with Crippen LogP contribution in [0.1, 0.15) is 11.1 Å². The van der Waals surface area contributed by atoms with Crippen molar-refractivity contribution in [2.45, 2.75) is 13.0 Å². The average molecular weight is 344 g/mol. The molecule has 0 fully saturated rings. The maximum atomic E-state index is 13.3. The molecule has 0 bridgehead atoms. The smallest absolute Gasteiger partial charge is 0.137 e. The fraction of sp³-hybridized carbons (Fsp3) is 0.200. The van der Waals surface area contributed by atoms with Crippen molar-refractivity contribution in [2.75, 3.05) is 6.54 Å². The van der Waals surface area contributed by atoms with E-state index in [1.165, 1.54) is 18.2 Å². The lowest BCUT2D eigenvalue weighted by Gasteiger charge is -2.06. The molecule has 0 saturated carbocycles. The summed E-state index contributed by atoms with van der Waals surface area (Å²) in [6.45, 7) is 1.06. The van der Waals surface area contributed by atoms with Crippen LogP contribution in [-0.2, 0) is 13.0 Å². The van der Waals surface area contributed by atoms with Crippen molar-refractivity contribution in [2.24, 2.45) is 0 Å². The fourth-order valence-corrected chi connectivity index (χ4v) is 2.12. The van der Waals surface area contributed by atoms with Gasteiger partial charge in [0.2, 0.25) is 0 Å². The van der Waals surface area contributed by atoms with Gasteiger partial charge in [0.05, 0.1) is 4.47 Å². The lowest BCUT2D eigenvalue weighted by Crippen LogP contribution is -2.17. The molecule has 2 rings (SSSR count). The molecular weight excluding hydrogens is 331 g/mol. The Hall–Kier alpha value is -1.33. The number of hydrogen-bond acceptors (Lipinski definition) is 1. The lowest BCUT2D eigenvalue weighted by atomic mass is 10.1. The van der Waals surface area contributed by atoms with Gasteiger partial charge in [-0.25, -0.2) is 13.2 Å². The Kier molecular flexibility index (Phi) is 5.20. The van der Waals surface area contributed by atoms with Gasteiger partial charge < -0.3 is 5.32 Å². The van der Waals surface area contributed by atoms with Gasteiger partial charge >= 0.3 is 0 Å². The van der Waals surface area contributed by atoms with Gasteiger partial charge in [-0.3, -0.25) is 0 Å². The minimum atomic E-state index is -0.574. The van der Waals surface area contributed by atoms with E-state index in [0.29, 0.717) is 29.5 Å². The second-order valence-corrected chi connectivity index (χ2v) is 5.31. The Balaban J connectivity index is 1.82. The SMILES string of the molecule is Fc1cc(F)cc(CCNCc2ccc(Br)c(F)c2)c1. The zero-order chi connectivity index (χ0) is 14.5. The van der Waals surface area contributed by atoms with E-state index in [1.54, 1.807) is 6.07 Å². The van der Waals surface area contributed by atoms with Crippen LogP contribution in [0.15, 0.2) is 40.9 Å². The van der Waals surface area contributed by atoms with Gasteiger partial charge in [0, 0.05) is 12.6 Å². The van der Waals surface area contributed by atoms with E-state index in [4.69, 9.17) is 0 Å². The van der Waals surface area contributed by atoms with Crippen LogP contribution in [0.3, 0.4) is 0 Å². The van der Waals surface area contributed by atoms with Gasteiger partial charge in [-0.2, -0.15) is 0 Å². The van der Waals surface area contributed by atoms with Crippen molar-refractivity contribution in [3.05, 3.63) is 69.4 Å². The minimum Gasteiger partial charge on any atom is -0.312 e. The molecule has 1 N–H and O–H groups in total. The van der Waals surface area contributed by atoms with Gasteiger partial charge in [-0.15, -0.1) is 0 Å². The molecule has 0 amide bonds. The summed E-state index contributed by atoms with van der Waals surface area (Å²) in [5.41, 5.74) is 1.41. The highest BCUT2D eigenvalue weighted by molar-refractivity contribution is 9.10. The van der Waals surface area contributed by atoms with Crippen LogP contribution in [0.2, 0.25) is 0 Å². The van der Waals surface area contributed by atoms with E-state index < -0.39 is 11.6 Å². The summed E-state index contributed by atoms with van der Waals surface area (Å²) in [4.78, 5) is 0. The van der Waals surface area contributed by atoms with Crippen LogP contribution < -0.4 is 5.32 Å². The minimum absolute atomic E-state index is 0.309. The molecule has 0 atom stereocenters. The molecule has 0 aliphatic rings. The topological polar surface area (TPSA) is 12.0 Å². The normalized spacial score (nSPS) is 10.8. The number of halogens is 4. The molecule has 0 saturated heterocycles. The molecule has 1 nitrogen and oxygen atoms in total.